The Balaban J connectivity index is 2.70. The van der Waals surface area contributed by atoms with Crippen molar-refractivity contribution in [1.82, 2.24) is 5.32 Å². The highest BCUT2D eigenvalue weighted by Gasteiger charge is 2.18. The maximum absolute atomic E-state index is 11.6. The average Bonchev–Trinajstić information content (AvgIpc) is 2.12. The summed E-state index contributed by atoms with van der Waals surface area (Å²) in [6.45, 7) is 9.38. The molecule has 0 aliphatic rings. The van der Waals surface area contributed by atoms with Gasteiger partial charge in [0.25, 0.3) is 0 Å². The molecule has 0 aromatic heterocycles. The van der Waals surface area contributed by atoms with Gasteiger partial charge in [-0.2, -0.15) is 0 Å². The van der Waals surface area contributed by atoms with Gasteiger partial charge in [0, 0.05) is 5.69 Å². The SMILES string of the molecule is Cc1cc(N)cc([C@H](C)NC(=O)OC(C)(C)C)c1. The lowest BCUT2D eigenvalue weighted by atomic mass is 10.0. The number of hydrogen-bond donors (Lipinski definition) is 2. The minimum absolute atomic E-state index is 0.137. The van der Waals surface area contributed by atoms with Crippen LogP contribution < -0.4 is 11.1 Å². The van der Waals surface area contributed by atoms with Gasteiger partial charge in [0.2, 0.25) is 0 Å². The number of alkyl carbamates (subject to hydrolysis) is 1. The van der Waals surface area contributed by atoms with Gasteiger partial charge in [-0.15, -0.1) is 0 Å². The normalized spacial score (nSPS) is 12.9. The van der Waals surface area contributed by atoms with E-state index in [0.717, 1.165) is 11.1 Å². The summed E-state index contributed by atoms with van der Waals surface area (Å²) in [5.41, 5.74) is 8.04. The third-order valence-electron chi connectivity index (χ3n) is 2.36. The molecule has 1 amide bonds. The van der Waals surface area contributed by atoms with Crippen molar-refractivity contribution in [2.45, 2.75) is 46.3 Å². The lowest BCUT2D eigenvalue weighted by Crippen LogP contribution is -2.34. The number of anilines is 1. The number of carbonyl (C=O) groups excluding carboxylic acids is 1. The number of aryl methyl sites for hydroxylation is 1. The summed E-state index contributed by atoms with van der Waals surface area (Å²) in [5.74, 6) is 0. The Morgan fingerprint density at radius 1 is 1.33 bits per heavy atom. The molecule has 0 heterocycles. The summed E-state index contributed by atoms with van der Waals surface area (Å²) >= 11 is 0. The number of rotatable bonds is 2. The highest BCUT2D eigenvalue weighted by atomic mass is 16.6. The molecule has 4 nitrogen and oxygen atoms in total. The van der Waals surface area contributed by atoms with E-state index in [-0.39, 0.29) is 6.04 Å². The molecule has 0 spiro atoms. The molecule has 1 atom stereocenters. The van der Waals surface area contributed by atoms with E-state index >= 15 is 0 Å². The Hall–Kier alpha value is -1.71. The Labute approximate surface area is 109 Å². The molecule has 0 aliphatic heterocycles. The molecule has 1 aromatic rings. The van der Waals surface area contributed by atoms with Crippen LogP contribution in [0, 0.1) is 6.92 Å². The molecule has 0 fully saturated rings. The number of nitrogens with one attached hydrogen (secondary N) is 1. The Morgan fingerprint density at radius 2 is 1.94 bits per heavy atom. The van der Waals surface area contributed by atoms with Crippen LogP contribution in [0.15, 0.2) is 18.2 Å². The van der Waals surface area contributed by atoms with E-state index in [9.17, 15) is 4.79 Å². The van der Waals surface area contributed by atoms with Crippen molar-refractivity contribution < 1.29 is 9.53 Å². The predicted molar refractivity (Wildman–Crippen MR) is 73.4 cm³/mol. The van der Waals surface area contributed by atoms with E-state index in [0.29, 0.717) is 5.69 Å². The van der Waals surface area contributed by atoms with Gasteiger partial charge in [-0.3, -0.25) is 0 Å². The first-order valence-corrected chi connectivity index (χ1v) is 6.04. The number of nitrogen functional groups attached to an aromatic ring is 1. The van der Waals surface area contributed by atoms with E-state index < -0.39 is 11.7 Å². The fraction of sp³-hybridized carbons (Fsp3) is 0.500. The van der Waals surface area contributed by atoms with Crippen LogP contribution in [0.1, 0.15) is 44.9 Å². The lowest BCUT2D eigenvalue weighted by Gasteiger charge is -2.22. The van der Waals surface area contributed by atoms with E-state index in [1.807, 2.05) is 52.8 Å². The molecule has 0 radical (unpaired) electrons. The molecular weight excluding hydrogens is 228 g/mol. The first-order chi connectivity index (χ1) is 8.17. The van der Waals surface area contributed by atoms with Gasteiger partial charge in [-0.1, -0.05) is 6.07 Å². The Bertz CT molecular complexity index is 416. The van der Waals surface area contributed by atoms with Crippen LogP contribution in [-0.4, -0.2) is 11.7 Å². The molecule has 100 valence electrons. The summed E-state index contributed by atoms with van der Waals surface area (Å²) in [6, 6.07) is 5.61. The van der Waals surface area contributed by atoms with Gasteiger partial charge >= 0.3 is 6.09 Å². The van der Waals surface area contributed by atoms with Crippen LogP contribution in [0.5, 0.6) is 0 Å². The van der Waals surface area contributed by atoms with Gasteiger partial charge in [0.1, 0.15) is 5.60 Å². The van der Waals surface area contributed by atoms with Gasteiger partial charge in [0.05, 0.1) is 6.04 Å². The second-order valence-corrected chi connectivity index (χ2v) is 5.54. The largest absolute Gasteiger partial charge is 0.444 e. The number of hydrogen-bond acceptors (Lipinski definition) is 3. The molecule has 0 bridgehead atoms. The maximum atomic E-state index is 11.6. The van der Waals surface area contributed by atoms with E-state index in [4.69, 9.17) is 10.5 Å². The first kappa shape index (κ1) is 14.4. The summed E-state index contributed by atoms with van der Waals surface area (Å²) in [4.78, 5) is 11.6. The zero-order valence-corrected chi connectivity index (χ0v) is 11.7. The number of ether oxygens (including phenoxy) is 1. The van der Waals surface area contributed by atoms with Crippen LogP contribution >= 0.6 is 0 Å². The minimum atomic E-state index is -0.491. The van der Waals surface area contributed by atoms with E-state index in [1.54, 1.807) is 0 Å². The summed E-state index contributed by atoms with van der Waals surface area (Å²) in [7, 11) is 0. The molecule has 1 aromatic carbocycles. The minimum Gasteiger partial charge on any atom is -0.444 e. The van der Waals surface area contributed by atoms with Crippen molar-refractivity contribution in [2.75, 3.05) is 5.73 Å². The number of carbonyl (C=O) groups is 1. The highest BCUT2D eigenvalue weighted by Crippen LogP contribution is 2.18. The number of amides is 1. The average molecular weight is 250 g/mol. The summed E-state index contributed by atoms with van der Waals surface area (Å²) in [5, 5.41) is 2.79. The molecule has 0 saturated heterocycles. The topological polar surface area (TPSA) is 64.3 Å². The number of nitrogens with two attached hydrogens (primary N) is 1. The molecule has 3 N–H and O–H groups in total. The molecule has 18 heavy (non-hydrogen) atoms. The second-order valence-electron chi connectivity index (χ2n) is 5.54. The van der Waals surface area contributed by atoms with Gasteiger partial charge in [0.15, 0.2) is 0 Å². The Kier molecular flexibility index (Phi) is 4.22. The fourth-order valence-corrected chi connectivity index (χ4v) is 1.66. The summed E-state index contributed by atoms with van der Waals surface area (Å²) in [6.07, 6.45) is -0.421. The number of benzene rings is 1. The second kappa shape index (κ2) is 5.29. The Morgan fingerprint density at radius 3 is 2.44 bits per heavy atom. The maximum Gasteiger partial charge on any atom is 0.408 e. The van der Waals surface area contributed by atoms with Gasteiger partial charge in [-0.05, 0) is 57.9 Å². The fourth-order valence-electron chi connectivity index (χ4n) is 1.66. The quantitative estimate of drug-likeness (QED) is 0.792. The van der Waals surface area contributed by atoms with Crippen LogP contribution in [-0.2, 0) is 4.74 Å². The molecule has 0 aliphatic carbocycles. The third kappa shape index (κ3) is 4.65. The van der Waals surface area contributed by atoms with Crippen LogP contribution in [0.2, 0.25) is 0 Å². The molecule has 0 unspecified atom stereocenters. The van der Waals surface area contributed by atoms with Crippen molar-refractivity contribution in [2.24, 2.45) is 0 Å². The standard InChI is InChI=1S/C14H22N2O2/c1-9-6-11(8-12(15)7-9)10(2)16-13(17)18-14(3,4)5/h6-8,10H,15H2,1-5H3,(H,16,17)/t10-/m0/s1. The third-order valence-corrected chi connectivity index (χ3v) is 2.36. The van der Waals surface area contributed by atoms with E-state index in [1.165, 1.54) is 0 Å². The monoisotopic (exact) mass is 250 g/mol. The van der Waals surface area contributed by atoms with E-state index in [2.05, 4.69) is 5.32 Å². The van der Waals surface area contributed by atoms with Gasteiger partial charge < -0.3 is 15.8 Å². The lowest BCUT2D eigenvalue weighted by molar-refractivity contribution is 0.0508. The summed E-state index contributed by atoms with van der Waals surface area (Å²) < 4.78 is 5.21. The van der Waals surface area contributed by atoms with Crippen molar-refractivity contribution in [3.63, 3.8) is 0 Å². The zero-order chi connectivity index (χ0) is 13.9. The van der Waals surface area contributed by atoms with Crippen LogP contribution in [0.3, 0.4) is 0 Å². The van der Waals surface area contributed by atoms with Crippen LogP contribution in [0.25, 0.3) is 0 Å². The van der Waals surface area contributed by atoms with Crippen molar-refractivity contribution >= 4 is 11.8 Å². The smallest absolute Gasteiger partial charge is 0.408 e. The molecule has 0 saturated carbocycles. The van der Waals surface area contributed by atoms with Crippen molar-refractivity contribution in [3.8, 4) is 0 Å². The molecule has 4 heteroatoms. The van der Waals surface area contributed by atoms with Crippen molar-refractivity contribution in [1.29, 1.82) is 0 Å². The highest BCUT2D eigenvalue weighted by molar-refractivity contribution is 5.68. The van der Waals surface area contributed by atoms with Crippen LogP contribution in [0.4, 0.5) is 10.5 Å². The first-order valence-electron chi connectivity index (χ1n) is 6.04. The predicted octanol–water partition coefficient (Wildman–Crippen LogP) is 3.16. The molecule has 1 rings (SSSR count). The van der Waals surface area contributed by atoms with Crippen molar-refractivity contribution in [3.05, 3.63) is 29.3 Å². The zero-order valence-electron chi connectivity index (χ0n) is 11.7. The van der Waals surface area contributed by atoms with Gasteiger partial charge in [-0.25, -0.2) is 4.79 Å². The molecular formula is C14H22N2O2.